The van der Waals surface area contributed by atoms with Gasteiger partial charge in [0.15, 0.2) is 0 Å². The van der Waals surface area contributed by atoms with Crippen LogP contribution in [0.4, 0.5) is 0 Å². The number of nitrogens with zero attached hydrogens (tertiary/aromatic N) is 1. The SMILES string of the molecule is CC(CCc1ccccc1)NC(=O)c1ccc2cn[nH]c2c1. The van der Waals surface area contributed by atoms with Gasteiger partial charge in [-0.25, -0.2) is 0 Å². The molecule has 2 N–H and O–H groups in total. The van der Waals surface area contributed by atoms with E-state index >= 15 is 0 Å². The molecule has 0 fully saturated rings. The molecule has 1 aromatic heterocycles. The summed E-state index contributed by atoms with van der Waals surface area (Å²) in [7, 11) is 0. The number of rotatable bonds is 5. The Bertz CT molecular complexity index is 764. The predicted molar refractivity (Wildman–Crippen MR) is 87.8 cm³/mol. The summed E-state index contributed by atoms with van der Waals surface area (Å²) in [4.78, 5) is 12.3. The molecule has 4 nitrogen and oxygen atoms in total. The van der Waals surface area contributed by atoms with Gasteiger partial charge in [0.1, 0.15) is 0 Å². The molecule has 1 heterocycles. The number of nitrogens with one attached hydrogen (secondary N) is 2. The number of aromatic amines is 1. The summed E-state index contributed by atoms with van der Waals surface area (Å²) in [6.45, 7) is 2.04. The highest BCUT2D eigenvalue weighted by Gasteiger charge is 2.10. The normalized spacial score (nSPS) is 12.2. The third-order valence-electron chi connectivity index (χ3n) is 3.79. The van der Waals surface area contributed by atoms with Crippen molar-refractivity contribution < 1.29 is 4.79 Å². The second kappa shape index (κ2) is 6.43. The summed E-state index contributed by atoms with van der Waals surface area (Å²) in [6.07, 6.45) is 3.63. The van der Waals surface area contributed by atoms with E-state index < -0.39 is 0 Å². The Kier molecular flexibility index (Phi) is 4.19. The van der Waals surface area contributed by atoms with Crippen LogP contribution in [0.5, 0.6) is 0 Å². The molecule has 112 valence electrons. The van der Waals surface area contributed by atoms with Crippen LogP contribution in [0.2, 0.25) is 0 Å². The maximum atomic E-state index is 12.3. The fraction of sp³-hybridized carbons (Fsp3) is 0.222. The maximum Gasteiger partial charge on any atom is 0.251 e. The van der Waals surface area contributed by atoms with Crippen LogP contribution in [0.3, 0.4) is 0 Å². The minimum atomic E-state index is -0.0444. The monoisotopic (exact) mass is 293 g/mol. The molecule has 0 saturated heterocycles. The van der Waals surface area contributed by atoms with E-state index in [1.165, 1.54) is 5.56 Å². The molecule has 3 aromatic rings. The van der Waals surface area contributed by atoms with Gasteiger partial charge in [-0.05, 0) is 37.5 Å². The number of benzene rings is 2. The average molecular weight is 293 g/mol. The number of carbonyl (C=O) groups is 1. The molecule has 3 rings (SSSR count). The lowest BCUT2D eigenvalue weighted by Gasteiger charge is -2.14. The van der Waals surface area contributed by atoms with Crippen LogP contribution < -0.4 is 5.32 Å². The van der Waals surface area contributed by atoms with Crippen LogP contribution in [0, 0.1) is 0 Å². The van der Waals surface area contributed by atoms with Crippen LogP contribution in [0.25, 0.3) is 10.9 Å². The number of fused-ring (bicyclic) bond motifs is 1. The molecule has 0 spiro atoms. The van der Waals surface area contributed by atoms with E-state index in [1.807, 2.05) is 43.3 Å². The first-order chi connectivity index (χ1) is 10.7. The van der Waals surface area contributed by atoms with Crippen molar-refractivity contribution in [2.75, 3.05) is 0 Å². The summed E-state index contributed by atoms with van der Waals surface area (Å²) < 4.78 is 0. The lowest BCUT2D eigenvalue weighted by atomic mass is 10.1. The van der Waals surface area contributed by atoms with Crippen LogP contribution >= 0.6 is 0 Å². The van der Waals surface area contributed by atoms with Crippen molar-refractivity contribution in [1.82, 2.24) is 15.5 Å². The summed E-state index contributed by atoms with van der Waals surface area (Å²) in [5, 5.41) is 10.9. The largest absolute Gasteiger partial charge is 0.350 e. The molecule has 0 aliphatic carbocycles. The van der Waals surface area contributed by atoms with Crippen molar-refractivity contribution in [3.05, 3.63) is 65.9 Å². The molecule has 0 radical (unpaired) electrons. The Labute approximate surface area is 129 Å². The Morgan fingerprint density at radius 3 is 2.86 bits per heavy atom. The van der Waals surface area contributed by atoms with Gasteiger partial charge < -0.3 is 5.32 Å². The van der Waals surface area contributed by atoms with E-state index in [-0.39, 0.29) is 11.9 Å². The maximum absolute atomic E-state index is 12.3. The molecule has 0 aliphatic rings. The Morgan fingerprint density at radius 1 is 1.23 bits per heavy atom. The van der Waals surface area contributed by atoms with Gasteiger partial charge in [0.25, 0.3) is 5.91 Å². The Balaban J connectivity index is 1.58. The number of hydrogen-bond acceptors (Lipinski definition) is 2. The fourth-order valence-electron chi connectivity index (χ4n) is 2.49. The fourth-order valence-corrected chi connectivity index (χ4v) is 2.49. The highest BCUT2D eigenvalue weighted by molar-refractivity contribution is 5.97. The first kappa shape index (κ1) is 14.3. The van der Waals surface area contributed by atoms with Crippen molar-refractivity contribution >= 4 is 16.8 Å². The van der Waals surface area contributed by atoms with Crippen LogP contribution in [0.1, 0.15) is 29.3 Å². The van der Waals surface area contributed by atoms with Crippen molar-refractivity contribution in [1.29, 1.82) is 0 Å². The van der Waals surface area contributed by atoms with Gasteiger partial charge in [0, 0.05) is 17.0 Å². The summed E-state index contributed by atoms with van der Waals surface area (Å²) in [5.74, 6) is -0.0444. The third-order valence-corrected chi connectivity index (χ3v) is 3.79. The van der Waals surface area contributed by atoms with Gasteiger partial charge in [-0.3, -0.25) is 9.89 Å². The minimum Gasteiger partial charge on any atom is -0.350 e. The Morgan fingerprint density at radius 2 is 2.05 bits per heavy atom. The molecule has 1 unspecified atom stereocenters. The molecular formula is C18H19N3O. The van der Waals surface area contributed by atoms with E-state index in [0.29, 0.717) is 5.56 Å². The zero-order valence-corrected chi connectivity index (χ0v) is 12.5. The molecule has 1 amide bonds. The number of hydrogen-bond donors (Lipinski definition) is 2. The van der Waals surface area contributed by atoms with E-state index in [1.54, 1.807) is 6.20 Å². The molecule has 0 saturated carbocycles. The second-order valence-corrected chi connectivity index (χ2v) is 5.57. The lowest BCUT2D eigenvalue weighted by Crippen LogP contribution is -2.32. The highest BCUT2D eigenvalue weighted by Crippen LogP contribution is 2.13. The molecule has 1 atom stereocenters. The predicted octanol–water partition coefficient (Wildman–Crippen LogP) is 3.31. The van der Waals surface area contributed by atoms with Gasteiger partial charge >= 0.3 is 0 Å². The van der Waals surface area contributed by atoms with E-state index in [9.17, 15) is 4.79 Å². The molecule has 0 aliphatic heterocycles. The summed E-state index contributed by atoms with van der Waals surface area (Å²) >= 11 is 0. The standard InChI is InChI=1S/C18H19N3O/c1-13(7-8-14-5-3-2-4-6-14)20-18(22)15-9-10-16-12-19-21-17(16)11-15/h2-6,9-13H,7-8H2,1H3,(H,19,21)(H,20,22). The van der Waals surface area contributed by atoms with Crippen LogP contribution in [0.15, 0.2) is 54.7 Å². The molecule has 4 heteroatoms. The molecule has 2 aromatic carbocycles. The number of aryl methyl sites for hydroxylation is 1. The number of amides is 1. The first-order valence-electron chi connectivity index (χ1n) is 7.50. The minimum absolute atomic E-state index is 0.0444. The number of carbonyl (C=O) groups excluding carboxylic acids is 1. The third kappa shape index (κ3) is 3.34. The smallest absolute Gasteiger partial charge is 0.251 e. The molecule has 22 heavy (non-hydrogen) atoms. The average Bonchev–Trinajstić information content (AvgIpc) is 3.01. The van der Waals surface area contributed by atoms with Crippen molar-refractivity contribution in [3.63, 3.8) is 0 Å². The van der Waals surface area contributed by atoms with Gasteiger partial charge in [-0.15, -0.1) is 0 Å². The van der Waals surface area contributed by atoms with E-state index in [2.05, 4.69) is 27.6 Å². The number of aromatic nitrogens is 2. The van der Waals surface area contributed by atoms with E-state index in [0.717, 1.165) is 23.7 Å². The van der Waals surface area contributed by atoms with E-state index in [4.69, 9.17) is 0 Å². The topological polar surface area (TPSA) is 57.8 Å². The van der Waals surface area contributed by atoms with Crippen molar-refractivity contribution in [2.45, 2.75) is 25.8 Å². The highest BCUT2D eigenvalue weighted by atomic mass is 16.1. The number of H-pyrrole nitrogens is 1. The van der Waals surface area contributed by atoms with Gasteiger partial charge in [0.2, 0.25) is 0 Å². The van der Waals surface area contributed by atoms with Crippen LogP contribution in [-0.2, 0) is 6.42 Å². The molecule has 0 bridgehead atoms. The van der Waals surface area contributed by atoms with Crippen molar-refractivity contribution in [3.8, 4) is 0 Å². The summed E-state index contributed by atoms with van der Waals surface area (Å²) in [5.41, 5.74) is 2.83. The first-order valence-corrected chi connectivity index (χ1v) is 7.50. The zero-order valence-electron chi connectivity index (χ0n) is 12.5. The van der Waals surface area contributed by atoms with Gasteiger partial charge in [0.05, 0.1) is 11.7 Å². The zero-order chi connectivity index (χ0) is 15.4. The second-order valence-electron chi connectivity index (χ2n) is 5.57. The van der Waals surface area contributed by atoms with Crippen molar-refractivity contribution in [2.24, 2.45) is 0 Å². The van der Waals surface area contributed by atoms with Gasteiger partial charge in [-0.2, -0.15) is 5.10 Å². The molecular weight excluding hydrogens is 274 g/mol. The van der Waals surface area contributed by atoms with Crippen LogP contribution in [-0.4, -0.2) is 22.1 Å². The lowest BCUT2D eigenvalue weighted by molar-refractivity contribution is 0.0938. The van der Waals surface area contributed by atoms with Gasteiger partial charge in [-0.1, -0.05) is 36.4 Å². The Hall–Kier alpha value is -2.62. The quantitative estimate of drug-likeness (QED) is 0.758. The summed E-state index contributed by atoms with van der Waals surface area (Å²) in [6, 6.07) is 16.0.